The minimum atomic E-state index is -1.59. The van der Waals surface area contributed by atoms with Crippen molar-refractivity contribution in [3.05, 3.63) is 47.8 Å². The Bertz CT molecular complexity index is 529. The SMILES string of the molecule is C=CCCCC(C)NC(=O)NC(CO)c1cc(F)c(F)c(F)c1. The Morgan fingerprint density at radius 1 is 1.30 bits per heavy atom. The first-order valence-corrected chi connectivity index (χ1v) is 7.32. The highest BCUT2D eigenvalue weighted by molar-refractivity contribution is 5.74. The summed E-state index contributed by atoms with van der Waals surface area (Å²) in [7, 11) is 0. The molecule has 4 nitrogen and oxygen atoms in total. The Kier molecular flexibility index (Phi) is 7.61. The summed E-state index contributed by atoms with van der Waals surface area (Å²) in [6, 6.07) is -0.253. The summed E-state index contributed by atoms with van der Waals surface area (Å²) in [5.41, 5.74) is -0.0571. The van der Waals surface area contributed by atoms with Crippen molar-refractivity contribution in [3.8, 4) is 0 Å². The molecule has 0 saturated heterocycles. The van der Waals surface area contributed by atoms with Crippen LogP contribution in [0.3, 0.4) is 0 Å². The molecule has 0 aliphatic carbocycles. The van der Waals surface area contributed by atoms with Gasteiger partial charge in [0.05, 0.1) is 12.6 Å². The summed E-state index contributed by atoms with van der Waals surface area (Å²) in [4.78, 5) is 11.9. The van der Waals surface area contributed by atoms with Gasteiger partial charge >= 0.3 is 6.03 Å². The lowest BCUT2D eigenvalue weighted by Crippen LogP contribution is -2.43. The Balaban J connectivity index is 2.65. The average Bonchev–Trinajstić information content (AvgIpc) is 2.50. The molecule has 1 rings (SSSR count). The van der Waals surface area contributed by atoms with E-state index in [0.717, 1.165) is 31.4 Å². The van der Waals surface area contributed by atoms with Gasteiger partial charge in [0.25, 0.3) is 0 Å². The molecule has 0 aromatic heterocycles. The van der Waals surface area contributed by atoms with Crippen LogP contribution in [0.15, 0.2) is 24.8 Å². The molecule has 0 aliphatic heterocycles. The fourth-order valence-corrected chi connectivity index (χ4v) is 2.07. The maximum atomic E-state index is 13.2. The maximum Gasteiger partial charge on any atom is 0.315 e. The van der Waals surface area contributed by atoms with Crippen molar-refractivity contribution in [1.29, 1.82) is 0 Å². The van der Waals surface area contributed by atoms with Crippen LogP contribution < -0.4 is 10.6 Å². The average molecular weight is 330 g/mol. The molecule has 0 bridgehead atoms. The van der Waals surface area contributed by atoms with E-state index in [1.165, 1.54) is 0 Å². The zero-order valence-corrected chi connectivity index (χ0v) is 12.9. The van der Waals surface area contributed by atoms with Gasteiger partial charge in [0.2, 0.25) is 0 Å². The highest BCUT2D eigenvalue weighted by Crippen LogP contribution is 2.19. The normalized spacial score (nSPS) is 13.3. The second-order valence-electron chi connectivity index (χ2n) is 5.27. The monoisotopic (exact) mass is 330 g/mol. The number of nitrogens with one attached hydrogen (secondary N) is 2. The van der Waals surface area contributed by atoms with Crippen molar-refractivity contribution in [1.82, 2.24) is 10.6 Å². The van der Waals surface area contributed by atoms with Gasteiger partial charge < -0.3 is 15.7 Å². The van der Waals surface area contributed by atoms with Crippen LogP contribution in [-0.2, 0) is 0 Å². The molecule has 0 radical (unpaired) electrons. The van der Waals surface area contributed by atoms with Gasteiger partial charge in [-0.2, -0.15) is 0 Å². The molecule has 1 aromatic carbocycles. The first-order valence-electron chi connectivity index (χ1n) is 7.32. The van der Waals surface area contributed by atoms with Crippen molar-refractivity contribution in [3.63, 3.8) is 0 Å². The van der Waals surface area contributed by atoms with Crippen molar-refractivity contribution in [2.45, 2.75) is 38.3 Å². The van der Waals surface area contributed by atoms with E-state index < -0.39 is 36.1 Å². The molecule has 0 aliphatic rings. The number of hydrogen-bond donors (Lipinski definition) is 3. The van der Waals surface area contributed by atoms with Crippen LogP contribution in [0.25, 0.3) is 0 Å². The molecule has 0 fully saturated rings. The highest BCUT2D eigenvalue weighted by atomic mass is 19.2. The maximum absolute atomic E-state index is 13.2. The number of aliphatic hydroxyl groups is 1. The van der Waals surface area contributed by atoms with Crippen LogP contribution in [0.1, 0.15) is 37.8 Å². The van der Waals surface area contributed by atoms with E-state index in [2.05, 4.69) is 17.2 Å². The third kappa shape index (κ3) is 5.94. The third-order valence-corrected chi connectivity index (χ3v) is 3.32. The van der Waals surface area contributed by atoms with Crippen LogP contribution in [0, 0.1) is 17.5 Å². The van der Waals surface area contributed by atoms with E-state index in [9.17, 15) is 23.1 Å². The summed E-state index contributed by atoms with van der Waals surface area (Å²) in [5, 5.41) is 14.4. The van der Waals surface area contributed by atoms with E-state index in [0.29, 0.717) is 0 Å². The van der Waals surface area contributed by atoms with Crippen molar-refractivity contribution in [2.75, 3.05) is 6.61 Å². The summed E-state index contributed by atoms with van der Waals surface area (Å²) < 4.78 is 39.4. The molecule has 2 amide bonds. The number of urea groups is 1. The Morgan fingerprint density at radius 3 is 2.43 bits per heavy atom. The number of benzene rings is 1. The lowest BCUT2D eigenvalue weighted by atomic mass is 10.1. The number of hydrogen-bond acceptors (Lipinski definition) is 2. The topological polar surface area (TPSA) is 61.4 Å². The zero-order valence-electron chi connectivity index (χ0n) is 12.9. The van der Waals surface area contributed by atoms with Gasteiger partial charge in [0.1, 0.15) is 0 Å². The molecule has 7 heteroatoms. The minimum absolute atomic E-state index is 0.0571. The lowest BCUT2D eigenvalue weighted by Gasteiger charge is -2.20. The standard InChI is InChI=1S/C16H21F3N2O2/c1-3-4-5-6-10(2)20-16(23)21-14(9-22)11-7-12(17)15(19)13(18)8-11/h3,7-8,10,14,22H,1,4-6,9H2,2H3,(H2,20,21,23). The van der Waals surface area contributed by atoms with E-state index in [4.69, 9.17) is 0 Å². The number of allylic oxidation sites excluding steroid dienone is 1. The largest absolute Gasteiger partial charge is 0.394 e. The second-order valence-corrected chi connectivity index (χ2v) is 5.27. The molecular weight excluding hydrogens is 309 g/mol. The van der Waals surface area contributed by atoms with Gasteiger partial charge in [-0.3, -0.25) is 0 Å². The van der Waals surface area contributed by atoms with Crippen LogP contribution in [0.2, 0.25) is 0 Å². The predicted octanol–water partition coefficient (Wildman–Crippen LogP) is 3.18. The van der Waals surface area contributed by atoms with Gasteiger partial charge in [-0.1, -0.05) is 6.08 Å². The predicted molar refractivity (Wildman–Crippen MR) is 81.3 cm³/mol. The van der Waals surface area contributed by atoms with Crippen LogP contribution in [0.4, 0.5) is 18.0 Å². The number of unbranched alkanes of at least 4 members (excludes halogenated alkanes) is 1. The Morgan fingerprint density at radius 2 is 1.91 bits per heavy atom. The molecule has 128 valence electrons. The van der Waals surface area contributed by atoms with Crippen LogP contribution in [-0.4, -0.2) is 23.8 Å². The minimum Gasteiger partial charge on any atom is -0.394 e. The third-order valence-electron chi connectivity index (χ3n) is 3.32. The van der Waals surface area contributed by atoms with Gasteiger partial charge in [-0.05, 0) is 43.9 Å². The van der Waals surface area contributed by atoms with Crippen LogP contribution >= 0.6 is 0 Å². The van der Waals surface area contributed by atoms with Crippen LogP contribution in [0.5, 0.6) is 0 Å². The van der Waals surface area contributed by atoms with Gasteiger partial charge in [0, 0.05) is 6.04 Å². The van der Waals surface area contributed by atoms with Gasteiger partial charge in [-0.15, -0.1) is 6.58 Å². The van der Waals surface area contributed by atoms with Crippen molar-refractivity contribution in [2.24, 2.45) is 0 Å². The second kappa shape index (κ2) is 9.19. The van der Waals surface area contributed by atoms with Gasteiger partial charge in [-0.25, -0.2) is 18.0 Å². The molecule has 0 saturated carbocycles. The molecule has 2 atom stereocenters. The number of aliphatic hydroxyl groups excluding tert-OH is 1. The molecule has 2 unspecified atom stereocenters. The molecule has 0 spiro atoms. The van der Waals surface area contributed by atoms with Crippen molar-refractivity contribution < 1.29 is 23.1 Å². The number of carbonyl (C=O) groups excluding carboxylic acids is 1. The van der Waals surface area contributed by atoms with Crippen molar-refractivity contribution >= 4 is 6.03 Å². The first-order chi connectivity index (χ1) is 10.9. The first kappa shape index (κ1) is 19.0. The summed E-state index contributed by atoms with van der Waals surface area (Å²) in [5.74, 6) is -4.34. The number of amides is 2. The van der Waals surface area contributed by atoms with E-state index in [1.54, 1.807) is 6.08 Å². The van der Waals surface area contributed by atoms with E-state index in [1.807, 2.05) is 6.92 Å². The van der Waals surface area contributed by atoms with E-state index >= 15 is 0 Å². The quantitative estimate of drug-likeness (QED) is 0.389. The fraction of sp³-hybridized carbons (Fsp3) is 0.438. The molecule has 0 heterocycles. The number of rotatable bonds is 8. The number of halogens is 3. The highest BCUT2D eigenvalue weighted by Gasteiger charge is 2.19. The molecule has 23 heavy (non-hydrogen) atoms. The number of carbonyl (C=O) groups is 1. The zero-order chi connectivity index (χ0) is 17.4. The fourth-order valence-electron chi connectivity index (χ4n) is 2.07. The summed E-state index contributed by atoms with van der Waals surface area (Å²) in [6.07, 6.45) is 4.22. The summed E-state index contributed by atoms with van der Waals surface area (Å²) in [6.45, 7) is 4.84. The Labute approximate surface area is 133 Å². The Hall–Kier alpha value is -2.02. The molecule has 3 N–H and O–H groups in total. The van der Waals surface area contributed by atoms with E-state index in [-0.39, 0.29) is 11.6 Å². The summed E-state index contributed by atoms with van der Waals surface area (Å²) >= 11 is 0. The van der Waals surface area contributed by atoms with Gasteiger partial charge in [0.15, 0.2) is 17.5 Å². The molecular formula is C16H21F3N2O2. The lowest BCUT2D eigenvalue weighted by molar-refractivity contribution is 0.213. The smallest absolute Gasteiger partial charge is 0.315 e. The molecule has 1 aromatic rings.